The van der Waals surface area contributed by atoms with Crippen molar-refractivity contribution in [1.29, 1.82) is 0 Å². The lowest BCUT2D eigenvalue weighted by Gasteiger charge is -2.40. The molecule has 21 heavy (non-hydrogen) atoms. The SMILES string of the molecule is CC(C(=O)c1ccc(F)cc1F)N1CCOC2CCCC21. The number of carbonyl (C=O) groups excluding carboxylic acids is 1. The molecule has 1 saturated heterocycles. The van der Waals surface area contributed by atoms with E-state index in [0.29, 0.717) is 13.2 Å². The first-order valence-electron chi connectivity index (χ1n) is 7.44. The first kappa shape index (κ1) is 14.6. The molecule has 0 spiro atoms. The summed E-state index contributed by atoms with van der Waals surface area (Å²) in [6.07, 6.45) is 3.31. The maximum Gasteiger partial charge on any atom is 0.182 e. The Kier molecular flexibility index (Phi) is 4.04. The second kappa shape index (κ2) is 5.81. The Morgan fingerprint density at radius 3 is 2.95 bits per heavy atom. The quantitative estimate of drug-likeness (QED) is 0.803. The number of nitrogens with zero attached hydrogens (tertiary/aromatic N) is 1. The van der Waals surface area contributed by atoms with Crippen molar-refractivity contribution in [2.75, 3.05) is 13.2 Å². The monoisotopic (exact) mass is 295 g/mol. The first-order valence-corrected chi connectivity index (χ1v) is 7.44. The molecular weight excluding hydrogens is 276 g/mol. The smallest absolute Gasteiger partial charge is 0.182 e. The molecule has 1 heterocycles. The predicted molar refractivity (Wildman–Crippen MR) is 74.2 cm³/mol. The van der Waals surface area contributed by atoms with Crippen LogP contribution in [0.25, 0.3) is 0 Å². The standard InChI is InChI=1S/C16H19F2NO2/c1-10(16(20)12-6-5-11(17)9-13(12)18)19-7-8-21-15-4-2-3-14(15)19/h5-6,9-10,14-15H,2-4,7-8H2,1H3. The van der Waals surface area contributed by atoms with Crippen LogP contribution in [0.1, 0.15) is 36.5 Å². The van der Waals surface area contributed by atoms with Gasteiger partial charge in [0.1, 0.15) is 11.6 Å². The van der Waals surface area contributed by atoms with Crippen LogP contribution in [0.2, 0.25) is 0 Å². The summed E-state index contributed by atoms with van der Waals surface area (Å²) in [5, 5.41) is 0. The molecule has 3 unspecified atom stereocenters. The number of rotatable bonds is 3. The third kappa shape index (κ3) is 2.72. The van der Waals surface area contributed by atoms with Gasteiger partial charge in [-0.3, -0.25) is 9.69 Å². The van der Waals surface area contributed by atoms with Gasteiger partial charge in [-0.2, -0.15) is 0 Å². The van der Waals surface area contributed by atoms with E-state index in [4.69, 9.17) is 4.74 Å². The molecule has 3 nitrogen and oxygen atoms in total. The Hall–Kier alpha value is -1.33. The van der Waals surface area contributed by atoms with Crippen LogP contribution in [0.15, 0.2) is 18.2 Å². The molecule has 3 rings (SSSR count). The molecule has 1 aromatic carbocycles. The summed E-state index contributed by atoms with van der Waals surface area (Å²) in [6.45, 7) is 3.08. The topological polar surface area (TPSA) is 29.5 Å². The molecule has 1 saturated carbocycles. The highest BCUT2D eigenvalue weighted by molar-refractivity contribution is 6.00. The predicted octanol–water partition coefficient (Wildman–Crippen LogP) is 2.79. The molecule has 1 aliphatic heterocycles. The molecule has 1 aromatic rings. The van der Waals surface area contributed by atoms with E-state index in [2.05, 4.69) is 4.90 Å². The van der Waals surface area contributed by atoms with Gasteiger partial charge in [-0.05, 0) is 38.3 Å². The Labute approximate surface area is 122 Å². The van der Waals surface area contributed by atoms with Crippen molar-refractivity contribution in [2.45, 2.75) is 44.4 Å². The maximum absolute atomic E-state index is 13.8. The minimum Gasteiger partial charge on any atom is -0.375 e. The van der Waals surface area contributed by atoms with E-state index in [9.17, 15) is 13.6 Å². The van der Waals surface area contributed by atoms with Crippen molar-refractivity contribution in [3.8, 4) is 0 Å². The van der Waals surface area contributed by atoms with Gasteiger partial charge in [0.25, 0.3) is 0 Å². The number of ether oxygens (including phenoxy) is 1. The van der Waals surface area contributed by atoms with Gasteiger partial charge in [-0.25, -0.2) is 8.78 Å². The van der Waals surface area contributed by atoms with Crippen LogP contribution in [-0.4, -0.2) is 42.0 Å². The molecule has 0 N–H and O–H groups in total. The van der Waals surface area contributed by atoms with Crippen LogP contribution in [0.3, 0.4) is 0 Å². The van der Waals surface area contributed by atoms with Crippen LogP contribution in [0.4, 0.5) is 8.78 Å². The van der Waals surface area contributed by atoms with Gasteiger partial charge >= 0.3 is 0 Å². The third-order valence-electron chi connectivity index (χ3n) is 4.60. The first-order chi connectivity index (χ1) is 10.1. The van der Waals surface area contributed by atoms with E-state index in [1.807, 2.05) is 0 Å². The number of Topliss-reactive ketones (excluding diaryl/α,β-unsaturated/α-hetero) is 1. The Bertz CT molecular complexity index is 549. The minimum atomic E-state index is -0.789. The van der Waals surface area contributed by atoms with Crippen molar-refractivity contribution in [3.05, 3.63) is 35.4 Å². The van der Waals surface area contributed by atoms with Gasteiger partial charge in [0.15, 0.2) is 5.78 Å². The number of hydrogen-bond donors (Lipinski definition) is 0. The second-order valence-electron chi connectivity index (χ2n) is 5.81. The molecule has 2 fully saturated rings. The molecule has 5 heteroatoms. The summed E-state index contributed by atoms with van der Waals surface area (Å²) < 4.78 is 32.5. The van der Waals surface area contributed by atoms with Crippen LogP contribution in [0, 0.1) is 11.6 Å². The van der Waals surface area contributed by atoms with Crippen molar-refractivity contribution >= 4 is 5.78 Å². The zero-order valence-corrected chi connectivity index (χ0v) is 12.0. The molecular formula is C16H19F2NO2. The lowest BCUT2D eigenvalue weighted by molar-refractivity contribution is -0.0643. The van der Waals surface area contributed by atoms with Crippen LogP contribution >= 0.6 is 0 Å². The summed E-state index contributed by atoms with van der Waals surface area (Å²) in [5.41, 5.74) is -0.0371. The van der Waals surface area contributed by atoms with Crippen molar-refractivity contribution in [1.82, 2.24) is 4.90 Å². The summed E-state index contributed by atoms with van der Waals surface area (Å²) in [5.74, 6) is -1.75. The highest BCUT2D eigenvalue weighted by Crippen LogP contribution is 2.31. The van der Waals surface area contributed by atoms with Crippen LogP contribution in [0.5, 0.6) is 0 Å². The molecule has 0 bridgehead atoms. The zero-order chi connectivity index (χ0) is 15.0. The summed E-state index contributed by atoms with van der Waals surface area (Å²) in [6, 6.07) is 2.94. The van der Waals surface area contributed by atoms with Crippen molar-refractivity contribution in [2.24, 2.45) is 0 Å². The largest absolute Gasteiger partial charge is 0.375 e. The highest BCUT2D eigenvalue weighted by atomic mass is 19.1. The molecule has 0 aromatic heterocycles. The Balaban J connectivity index is 1.80. The van der Waals surface area contributed by atoms with Crippen molar-refractivity contribution in [3.63, 3.8) is 0 Å². The van der Waals surface area contributed by atoms with Gasteiger partial charge in [0.2, 0.25) is 0 Å². The molecule has 0 radical (unpaired) electrons. The van der Waals surface area contributed by atoms with Gasteiger partial charge in [-0.1, -0.05) is 0 Å². The van der Waals surface area contributed by atoms with Crippen LogP contribution in [-0.2, 0) is 4.74 Å². The summed E-state index contributed by atoms with van der Waals surface area (Å²) in [4.78, 5) is 14.6. The highest BCUT2D eigenvalue weighted by Gasteiger charge is 2.40. The average molecular weight is 295 g/mol. The van der Waals surface area contributed by atoms with Gasteiger partial charge in [0, 0.05) is 18.7 Å². The van der Waals surface area contributed by atoms with E-state index in [1.54, 1.807) is 6.92 Å². The number of hydrogen-bond acceptors (Lipinski definition) is 3. The fraction of sp³-hybridized carbons (Fsp3) is 0.562. The van der Waals surface area contributed by atoms with E-state index < -0.39 is 17.7 Å². The number of morpholine rings is 1. The maximum atomic E-state index is 13.8. The van der Waals surface area contributed by atoms with Crippen molar-refractivity contribution < 1.29 is 18.3 Å². The summed E-state index contributed by atoms with van der Waals surface area (Å²) in [7, 11) is 0. The molecule has 114 valence electrons. The van der Waals surface area contributed by atoms with Gasteiger partial charge in [0.05, 0.1) is 24.3 Å². The Morgan fingerprint density at radius 1 is 1.38 bits per heavy atom. The van der Waals surface area contributed by atoms with Gasteiger partial charge in [-0.15, -0.1) is 0 Å². The minimum absolute atomic E-state index is 0.0371. The second-order valence-corrected chi connectivity index (χ2v) is 5.81. The lowest BCUT2D eigenvalue weighted by Crippen LogP contribution is -2.54. The van der Waals surface area contributed by atoms with Crippen LogP contribution < -0.4 is 0 Å². The lowest BCUT2D eigenvalue weighted by atomic mass is 10.00. The van der Waals surface area contributed by atoms with Gasteiger partial charge < -0.3 is 4.74 Å². The van der Waals surface area contributed by atoms with E-state index in [-0.39, 0.29) is 23.5 Å². The number of benzene rings is 1. The summed E-state index contributed by atoms with van der Waals surface area (Å²) >= 11 is 0. The molecule has 3 atom stereocenters. The zero-order valence-electron chi connectivity index (χ0n) is 12.0. The molecule has 2 aliphatic rings. The normalized spacial score (nSPS) is 27.4. The Morgan fingerprint density at radius 2 is 2.19 bits per heavy atom. The average Bonchev–Trinajstić information content (AvgIpc) is 2.94. The number of halogens is 2. The fourth-order valence-electron chi connectivity index (χ4n) is 3.50. The molecule has 0 amide bonds. The third-order valence-corrected chi connectivity index (χ3v) is 4.60. The number of ketones is 1. The van der Waals surface area contributed by atoms with E-state index >= 15 is 0 Å². The fourth-order valence-corrected chi connectivity index (χ4v) is 3.50. The number of carbonyl (C=O) groups is 1. The number of fused-ring (bicyclic) bond motifs is 1. The van der Waals surface area contributed by atoms with E-state index in [1.165, 1.54) is 6.07 Å². The van der Waals surface area contributed by atoms with E-state index in [0.717, 1.165) is 31.4 Å². The molecule has 1 aliphatic carbocycles.